The van der Waals surface area contributed by atoms with Gasteiger partial charge in [-0.2, -0.15) is 0 Å². The summed E-state index contributed by atoms with van der Waals surface area (Å²) in [6, 6.07) is 1.99. The molecule has 0 saturated heterocycles. The Morgan fingerprint density at radius 2 is 2.36 bits per heavy atom. The van der Waals surface area contributed by atoms with Gasteiger partial charge in [0, 0.05) is 30.9 Å². The summed E-state index contributed by atoms with van der Waals surface area (Å²) in [5.74, 6) is 0. The normalized spacial score (nSPS) is 11.0. The number of imidazole rings is 1. The van der Waals surface area contributed by atoms with Crippen LogP contribution in [0.15, 0.2) is 18.6 Å². The van der Waals surface area contributed by atoms with Crippen molar-refractivity contribution in [1.29, 1.82) is 0 Å². The molecule has 0 spiro atoms. The zero-order valence-corrected chi connectivity index (χ0v) is 8.49. The van der Waals surface area contributed by atoms with Gasteiger partial charge in [-0.15, -0.1) is 0 Å². The Kier molecular flexibility index (Phi) is 2.45. The first-order chi connectivity index (χ1) is 6.79. The van der Waals surface area contributed by atoms with E-state index in [0.29, 0.717) is 0 Å². The Hall–Kier alpha value is -1.42. The lowest BCUT2D eigenvalue weighted by atomic mass is 10.3. The number of rotatable bonds is 3. The minimum Gasteiger partial charge on any atom is -0.319 e. The highest BCUT2D eigenvalue weighted by Gasteiger charge is 2.00. The topological polar surface area (TPSA) is 42.2 Å². The van der Waals surface area contributed by atoms with Crippen molar-refractivity contribution in [2.24, 2.45) is 0 Å². The average molecular weight is 190 g/mol. The molecule has 2 aromatic heterocycles. The lowest BCUT2D eigenvalue weighted by Gasteiger charge is -1.92. The molecule has 2 rings (SSSR count). The Balaban J connectivity index is 2.32. The van der Waals surface area contributed by atoms with E-state index in [-0.39, 0.29) is 0 Å². The smallest absolute Gasteiger partial charge is 0.140 e. The average Bonchev–Trinajstić information content (AvgIpc) is 2.56. The molecule has 74 valence electrons. The van der Waals surface area contributed by atoms with Crippen LogP contribution in [-0.2, 0) is 6.42 Å². The van der Waals surface area contributed by atoms with Crippen molar-refractivity contribution >= 4 is 5.65 Å². The number of nitrogens with one attached hydrogen (secondary N) is 1. The Morgan fingerprint density at radius 1 is 1.50 bits per heavy atom. The van der Waals surface area contributed by atoms with Crippen molar-refractivity contribution in [1.82, 2.24) is 19.7 Å². The third-order valence-corrected chi connectivity index (χ3v) is 2.17. The predicted molar refractivity (Wildman–Crippen MR) is 55.4 cm³/mol. The molecule has 1 N–H and O–H groups in total. The van der Waals surface area contributed by atoms with E-state index in [4.69, 9.17) is 0 Å². The largest absolute Gasteiger partial charge is 0.319 e. The van der Waals surface area contributed by atoms with E-state index in [1.54, 1.807) is 6.33 Å². The van der Waals surface area contributed by atoms with Crippen molar-refractivity contribution in [3.63, 3.8) is 0 Å². The number of aryl methyl sites for hydroxylation is 1. The zero-order valence-electron chi connectivity index (χ0n) is 8.49. The van der Waals surface area contributed by atoms with Gasteiger partial charge in [-0.1, -0.05) is 0 Å². The first kappa shape index (κ1) is 9.15. The maximum atomic E-state index is 4.49. The summed E-state index contributed by atoms with van der Waals surface area (Å²) in [4.78, 5) is 8.70. The number of aromatic nitrogens is 3. The highest BCUT2D eigenvalue weighted by molar-refractivity contribution is 5.40. The van der Waals surface area contributed by atoms with Gasteiger partial charge in [-0.3, -0.25) is 4.40 Å². The third kappa shape index (κ3) is 1.75. The summed E-state index contributed by atoms with van der Waals surface area (Å²) in [6.45, 7) is 2.93. The van der Waals surface area contributed by atoms with Crippen molar-refractivity contribution in [3.8, 4) is 0 Å². The van der Waals surface area contributed by atoms with Gasteiger partial charge in [0.15, 0.2) is 0 Å². The highest BCUT2D eigenvalue weighted by Crippen LogP contribution is 2.05. The van der Waals surface area contributed by atoms with E-state index in [1.807, 2.05) is 30.6 Å². The first-order valence-electron chi connectivity index (χ1n) is 4.74. The molecule has 0 amide bonds. The van der Waals surface area contributed by atoms with Gasteiger partial charge in [0.25, 0.3) is 0 Å². The molecule has 4 heteroatoms. The fraction of sp³-hybridized carbons (Fsp3) is 0.400. The molecule has 0 aromatic carbocycles. The van der Waals surface area contributed by atoms with Gasteiger partial charge in [-0.05, 0) is 14.0 Å². The van der Waals surface area contributed by atoms with Gasteiger partial charge in [0.1, 0.15) is 12.0 Å². The molecule has 0 aliphatic rings. The van der Waals surface area contributed by atoms with Gasteiger partial charge in [0.2, 0.25) is 0 Å². The lowest BCUT2D eigenvalue weighted by Crippen LogP contribution is -2.10. The second-order valence-electron chi connectivity index (χ2n) is 3.38. The third-order valence-electron chi connectivity index (χ3n) is 2.17. The minimum atomic E-state index is 0.955. The summed E-state index contributed by atoms with van der Waals surface area (Å²) in [7, 11) is 1.95. The van der Waals surface area contributed by atoms with Crippen molar-refractivity contribution in [2.45, 2.75) is 13.3 Å². The molecular formula is C10H14N4. The molecule has 14 heavy (non-hydrogen) atoms. The van der Waals surface area contributed by atoms with Crippen LogP contribution >= 0.6 is 0 Å². The molecule has 0 atom stereocenters. The molecule has 0 aliphatic heterocycles. The summed E-state index contributed by atoms with van der Waals surface area (Å²) in [6.07, 6.45) is 4.79. The van der Waals surface area contributed by atoms with Crippen LogP contribution in [0.1, 0.15) is 11.4 Å². The van der Waals surface area contributed by atoms with Crippen molar-refractivity contribution in [2.75, 3.05) is 13.6 Å². The molecule has 0 aliphatic carbocycles. The van der Waals surface area contributed by atoms with Gasteiger partial charge >= 0.3 is 0 Å². The number of nitrogens with zero attached hydrogens (tertiary/aromatic N) is 3. The van der Waals surface area contributed by atoms with Crippen LogP contribution < -0.4 is 5.32 Å². The summed E-state index contributed by atoms with van der Waals surface area (Å²) < 4.78 is 1.96. The van der Waals surface area contributed by atoms with Crippen LogP contribution in [0.25, 0.3) is 5.65 Å². The van der Waals surface area contributed by atoms with Crippen molar-refractivity contribution < 1.29 is 0 Å². The molecule has 0 radical (unpaired) electrons. The predicted octanol–water partition coefficient (Wildman–Crippen LogP) is 0.800. The Labute approximate surface area is 83.0 Å². The summed E-state index contributed by atoms with van der Waals surface area (Å²) >= 11 is 0. The molecule has 0 fully saturated rings. The molecule has 2 heterocycles. The van der Waals surface area contributed by atoms with Gasteiger partial charge in [-0.25, -0.2) is 9.97 Å². The van der Waals surface area contributed by atoms with E-state index in [1.165, 1.54) is 0 Å². The van der Waals surface area contributed by atoms with Crippen LogP contribution in [0.4, 0.5) is 0 Å². The van der Waals surface area contributed by atoms with E-state index in [0.717, 1.165) is 30.0 Å². The molecule has 0 unspecified atom stereocenters. The van der Waals surface area contributed by atoms with Crippen LogP contribution in [0.2, 0.25) is 0 Å². The first-order valence-corrected chi connectivity index (χ1v) is 4.74. The number of hydrogen-bond acceptors (Lipinski definition) is 3. The van der Waals surface area contributed by atoms with Crippen molar-refractivity contribution in [3.05, 3.63) is 30.0 Å². The number of likely N-dealkylation sites (N-methyl/N-ethyl adjacent to an activating group) is 1. The molecule has 4 nitrogen and oxygen atoms in total. The van der Waals surface area contributed by atoms with Gasteiger partial charge < -0.3 is 5.32 Å². The molecular weight excluding hydrogens is 176 g/mol. The molecule has 2 aromatic rings. The van der Waals surface area contributed by atoms with E-state index in [2.05, 4.69) is 15.3 Å². The summed E-state index contributed by atoms with van der Waals surface area (Å²) in [5, 5.41) is 3.11. The SMILES string of the molecule is CNCCc1cn2cnc(C)cc2n1. The van der Waals surface area contributed by atoms with E-state index >= 15 is 0 Å². The fourth-order valence-corrected chi connectivity index (χ4v) is 1.41. The minimum absolute atomic E-state index is 0.955. The standard InChI is InChI=1S/C10H14N4/c1-8-5-10-13-9(3-4-11-2)6-14(10)7-12-8/h5-7,11H,3-4H2,1-2H3. The number of hydrogen-bond donors (Lipinski definition) is 1. The van der Waals surface area contributed by atoms with Crippen LogP contribution in [0, 0.1) is 6.92 Å². The van der Waals surface area contributed by atoms with E-state index in [9.17, 15) is 0 Å². The quantitative estimate of drug-likeness (QED) is 0.778. The zero-order chi connectivity index (χ0) is 9.97. The van der Waals surface area contributed by atoms with Crippen LogP contribution in [0.3, 0.4) is 0 Å². The molecule has 0 saturated carbocycles. The maximum Gasteiger partial charge on any atom is 0.140 e. The fourth-order valence-electron chi connectivity index (χ4n) is 1.41. The monoisotopic (exact) mass is 190 g/mol. The number of fused-ring (bicyclic) bond motifs is 1. The Morgan fingerprint density at radius 3 is 3.14 bits per heavy atom. The lowest BCUT2D eigenvalue weighted by molar-refractivity contribution is 0.780. The highest BCUT2D eigenvalue weighted by atomic mass is 15.0. The Bertz CT molecular complexity index is 433. The van der Waals surface area contributed by atoms with Crippen LogP contribution in [-0.4, -0.2) is 28.0 Å². The van der Waals surface area contributed by atoms with Gasteiger partial charge in [0.05, 0.1) is 5.69 Å². The molecule has 0 bridgehead atoms. The second-order valence-corrected chi connectivity index (χ2v) is 3.38. The second kappa shape index (κ2) is 3.75. The maximum absolute atomic E-state index is 4.49. The van der Waals surface area contributed by atoms with E-state index < -0.39 is 0 Å². The van der Waals surface area contributed by atoms with Crippen LogP contribution in [0.5, 0.6) is 0 Å². The summed E-state index contributed by atoms with van der Waals surface area (Å²) in [5.41, 5.74) is 3.08.